The number of piperidine rings is 1. The van der Waals surface area contributed by atoms with E-state index in [-0.39, 0.29) is 11.4 Å². The molecule has 0 spiro atoms. The van der Waals surface area contributed by atoms with E-state index in [4.69, 9.17) is 4.74 Å². The molecule has 3 rings (SSSR count). The van der Waals surface area contributed by atoms with Crippen molar-refractivity contribution in [2.45, 2.75) is 44.1 Å². The van der Waals surface area contributed by atoms with Gasteiger partial charge in [-0.25, -0.2) is 0 Å². The van der Waals surface area contributed by atoms with Crippen molar-refractivity contribution in [1.29, 1.82) is 0 Å². The second kappa shape index (κ2) is 10.2. The summed E-state index contributed by atoms with van der Waals surface area (Å²) in [6.45, 7) is 6.57. The minimum Gasteiger partial charge on any atom is -0.379 e. The lowest BCUT2D eigenvalue weighted by Gasteiger charge is -2.49. The van der Waals surface area contributed by atoms with Crippen LogP contribution in [0.1, 0.15) is 37.7 Å². The van der Waals surface area contributed by atoms with Crippen LogP contribution in [0.25, 0.3) is 0 Å². The zero-order valence-electron chi connectivity index (χ0n) is 16.8. The van der Waals surface area contributed by atoms with E-state index in [1.807, 2.05) is 6.07 Å². The molecule has 1 N–H and O–H groups in total. The average Bonchev–Trinajstić information content (AvgIpc) is 2.72. The molecule has 0 saturated carbocycles. The molecule has 0 aliphatic carbocycles. The van der Waals surface area contributed by atoms with E-state index in [2.05, 4.69) is 46.4 Å². The molecule has 5 heteroatoms. The molecule has 1 aromatic carbocycles. The quantitative estimate of drug-likeness (QED) is 0.711. The molecule has 0 radical (unpaired) electrons. The van der Waals surface area contributed by atoms with E-state index in [0.717, 1.165) is 78.0 Å². The summed E-state index contributed by atoms with van der Waals surface area (Å²) in [6.07, 6.45) is 5.95. The molecule has 150 valence electrons. The topological polar surface area (TPSA) is 44.8 Å². The third-order valence-electron chi connectivity index (χ3n) is 6.18. The van der Waals surface area contributed by atoms with Gasteiger partial charge in [0.1, 0.15) is 0 Å². The Morgan fingerprint density at radius 1 is 1.07 bits per heavy atom. The number of morpholine rings is 1. The van der Waals surface area contributed by atoms with Gasteiger partial charge in [-0.2, -0.15) is 0 Å². The lowest BCUT2D eigenvalue weighted by Crippen LogP contribution is -2.62. The standard InChI is InChI=1S/C22H35N3O2/c1-24-13-11-22(12-14-24,25-15-17-27-18-16-25)19-23-21(26)10-6-5-9-20-7-3-2-4-8-20/h2-4,7-8H,5-6,9-19H2,1H3,(H,23,26). The fourth-order valence-corrected chi connectivity index (χ4v) is 4.29. The smallest absolute Gasteiger partial charge is 0.220 e. The number of unbranched alkanes of at least 4 members (excludes halogenated alkanes) is 1. The number of carbonyl (C=O) groups excluding carboxylic acids is 1. The Balaban J connectivity index is 1.43. The van der Waals surface area contributed by atoms with Crippen LogP contribution in [0, 0.1) is 0 Å². The van der Waals surface area contributed by atoms with Crippen LogP contribution in [-0.4, -0.2) is 74.2 Å². The number of ether oxygens (including phenoxy) is 1. The van der Waals surface area contributed by atoms with E-state index in [0.29, 0.717) is 6.42 Å². The van der Waals surface area contributed by atoms with Crippen LogP contribution in [0.2, 0.25) is 0 Å². The molecule has 0 aromatic heterocycles. The van der Waals surface area contributed by atoms with Crippen molar-refractivity contribution in [3.8, 4) is 0 Å². The predicted molar refractivity (Wildman–Crippen MR) is 109 cm³/mol. The van der Waals surface area contributed by atoms with Gasteiger partial charge in [-0.3, -0.25) is 9.69 Å². The van der Waals surface area contributed by atoms with E-state index < -0.39 is 0 Å². The Bertz CT molecular complexity index is 564. The number of aryl methyl sites for hydroxylation is 1. The number of likely N-dealkylation sites (tertiary alicyclic amines) is 1. The Labute approximate surface area is 164 Å². The third kappa shape index (κ3) is 6.03. The molecule has 1 amide bonds. The second-order valence-electron chi connectivity index (χ2n) is 8.10. The Hall–Kier alpha value is -1.43. The van der Waals surface area contributed by atoms with Crippen molar-refractivity contribution in [3.63, 3.8) is 0 Å². The molecular weight excluding hydrogens is 338 g/mol. The maximum Gasteiger partial charge on any atom is 0.220 e. The van der Waals surface area contributed by atoms with Gasteiger partial charge in [-0.15, -0.1) is 0 Å². The molecule has 2 heterocycles. The van der Waals surface area contributed by atoms with E-state index in [9.17, 15) is 4.79 Å². The normalized spacial score (nSPS) is 21.1. The first-order chi connectivity index (χ1) is 13.2. The number of nitrogens with zero attached hydrogens (tertiary/aromatic N) is 2. The SMILES string of the molecule is CN1CCC(CNC(=O)CCCCc2ccccc2)(N2CCOCC2)CC1. The zero-order valence-corrected chi connectivity index (χ0v) is 16.8. The Morgan fingerprint density at radius 3 is 2.48 bits per heavy atom. The van der Waals surface area contributed by atoms with Crippen molar-refractivity contribution in [3.05, 3.63) is 35.9 Å². The highest BCUT2D eigenvalue weighted by Crippen LogP contribution is 2.29. The van der Waals surface area contributed by atoms with Gasteiger partial charge in [0.15, 0.2) is 0 Å². The fraction of sp³-hybridized carbons (Fsp3) is 0.682. The molecule has 27 heavy (non-hydrogen) atoms. The Kier molecular flexibility index (Phi) is 7.68. The number of hydrogen-bond acceptors (Lipinski definition) is 4. The molecule has 2 aliphatic rings. The first-order valence-electron chi connectivity index (χ1n) is 10.5. The van der Waals surface area contributed by atoms with Gasteiger partial charge < -0.3 is 15.0 Å². The van der Waals surface area contributed by atoms with Gasteiger partial charge in [0.2, 0.25) is 5.91 Å². The number of amides is 1. The molecule has 2 fully saturated rings. The van der Waals surface area contributed by atoms with Crippen LogP contribution in [0.15, 0.2) is 30.3 Å². The Morgan fingerprint density at radius 2 is 1.78 bits per heavy atom. The molecule has 2 aliphatic heterocycles. The molecular formula is C22H35N3O2. The number of carbonyl (C=O) groups is 1. The molecule has 0 atom stereocenters. The van der Waals surface area contributed by atoms with Crippen molar-refractivity contribution < 1.29 is 9.53 Å². The van der Waals surface area contributed by atoms with Crippen molar-refractivity contribution in [2.24, 2.45) is 0 Å². The lowest BCUT2D eigenvalue weighted by atomic mass is 9.85. The summed E-state index contributed by atoms with van der Waals surface area (Å²) >= 11 is 0. The first-order valence-corrected chi connectivity index (χ1v) is 10.5. The minimum atomic E-state index is 0.107. The highest BCUT2D eigenvalue weighted by molar-refractivity contribution is 5.75. The zero-order chi connectivity index (χ0) is 19.0. The number of nitrogens with one attached hydrogen (secondary N) is 1. The van der Waals surface area contributed by atoms with Crippen molar-refractivity contribution >= 4 is 5.91 Å². The van der Waals surface area contributed by atoms with Crippen LogP contribution in [-0.2, 0) is 16.0 Å². The van der Waals surface area contributed by atoms with Crippen LogP contribution in [0.3, 0.4) is 0 Å². The van der Waals surface area contributed by atoms with Crippen LogP contribution in [0.5, 0.6) is 0 Å². The molecule has 0 unspecified atom stereocenters. The van der Waals surface area contributed by atoms with E-state index in [1.165, 1.54) is 5.56 Å². The number of rotatable bonds is 8. The van der Waals surface area contributed by atoms with Crippen LogP contribution in [0.4, 0.5) is 0 Å². The summed E-state index contributed by atoms with van der Waals surface area (Å²) in [5.74, 6) is 0.203. The molecule has 2 saturated heterocycles. The predicted octanol–water partition coefficient (Wildman–Crippen LogP) is 2.31. The summed E-state index contributed by atoms with van der Waals surface area (Å²) in [5.41, 5.74) is 1.46. The minimum absolute atomic E-state index is 0.107. The van der Waals surface area contributed by atoms with Gasteiger partial charge >= 0.3 is 0 Å². The summed E-state index contributed by atoms with van der Waals surface area (Å²) < 4.78 is 5.54. The van der Waals surface area contributed by atoms with Gasteiger partial charge in [-0.1, -0.05) is 30.3 Å². The summed E-state index contributed by atoms with van der Waals surface area (Å²) in [6, 6.07) is 10.5. The van der Waals surface area contributed by atoms with Crippen LogP contribution >= 0.6 is 0 Å². The highest BCUT2D eigenvalue weighted by Gasteiger charge is 2.39. The first kappa shape index (κ1) is 20.3. The van der Waals surface area contributed by atoms with Gasteiger partial charge in [-0.05, 0) is 57.8 Å². The summed E-state index contributed by atoms with van der Waals surface area (Å²) in [4.78, 5) is 17.4. The third-order valence-corrected chi connectivity index (χ3v) is 6.18. The molecule has 1 aromatic rings. The van der Waals surface area contributed by atoms with E-state index in [1.54, 1.807) is 0 Å². The van der Waals surface area contributed by atoms with Crippen molar-refractivity contribution in [2.75, 3.05) is 53.0 Å². The molecule has 0 bridgehead atoms. The summed E-state index contributed by atoms with van der Waals surface area (Å²) in [7, 11) is 2.19. The van der Waals surface area contributed by atoms with Gasteiger partial charge in [0, 0.05) is 31.6 Å². The van der Waals surface area contributed by atoms with Gasteiger partial charge in [0.05, 0.1) is 13.2 Å². The summed E-state index contributed by atoms with van der Waals surface area (Å²) in [5, 5.41) is 3.26. The lowest BCUT2D eigenvalue weighted by molar-refractivity contribution is -0.122. The number of hydrogen-bond donors (Lipinski definition) is 1. The maximum absolute atomic E-state index is 12.4. The number of benzene rings is 1. The maximum atomic E-state index is 12.4. The largest absolute Gasteiger partial charge is 0.379 e. The van der Waals surface area contributed by atoms with E-state index >= 15 is 0 Å². The second-order valence-corrected chi connectivity index (χ2v) is 8.10. The monoisotopic (exact) mass is 373 g/mol. The highest BCUT2D eigenvalue weighted by atomic mass is 16.5. The average molecular weight is 374 g/mol. The van der Waals surface area contributed by atoms with Crippen LogP contribution < -0.4 is 5.32 Å². The molecule has 5 nitrogen and oxygen atoms in total. The fourth-order valence-electron chi connectivity index (χ4n) is 4.29. The van der Waals surface area contributed by atoms with Crippen molar-refractivity contribution in [1.82, 2.24) is 15.1 Å². The van der Waals surface area contributed by atoms with Gasteiger partial charge in [0.25, 0.3) is 0 Å².